The van der Waals surface area contributed by atoms with Crippen molar-refractivity contribution in [2.24, 2.45) is 0 Å². The molecular formula is C21H29N3O2. The molecule has 0 aliphatic heterocycles. The highest BCUT2D eigenvalue weighted by atomic mass is 16.5. The number of nitrogens with one attached hydrogen (secondary N) is 2. The van der Waals surface area contributed by atoms with Gasteiger partial charge in [-0.2, -0.15) is 0 Å². The van der Waals surface area contributed by atoms with Gasteiger partial charge in [0.25, 0.3) is 5.91 Å². The molecule has 2 rings (SSSR count). The van der Waals surface area contributed by atoms with Gasteiger partial charge in [0.05, 0.1) is 12.7 Å². The van der Waals surface area contributed by atoms with E-state index in [-0.39, 0.29) is 5.91 Å². The van der Waals surface area contributed by atoms with Crippen LogP contribution >= 0.6 is 0 Å². The molecular weight excluding hydrogens is 326 g/mol. The third-order valence-electron chi connectivity index (χ3n) is 4.39. The summed E-state index contributed by atoms with van der Waals surface area (Å²) in [5, 5.41) is 6.33. The zero-order valence-corrected chi connectivity index (χ0v) is 15.9. The van der Waals surface area contributed by atoms with E-state index in [1.54, 1.807) is 7.11 Å². The van der Waals surface area contributed by atoms with Crippen molar-refractivity contribution in [3.63, 3.8) is 0 Å². The Labute approximate surface area is 156 Å². The van der Waals surface area contributed by atoms with Crippen LogP contribution < -0.4 is 15.4 Å². The predicted octanol–water partition coefficient (Wildman–Crippen LogP) is 3.38. The summed E-state index contributed by atoms with van der Waals surface area (Å²) in [6, 6.07) is 15.7. The number of carbonyl (C=O) groups excluding carboxylic acids is 1. The predicted molar refractivity (Wildman–Crippen MR) is 107 cm³/mol. The van der Waals surface area contributed by atoms with Gasteiger partial charge in [0.1, 0.15) is 5.75 Å². The molecule has 0 spiro atoms. The quantitative estimate of drug-likeness (QED) is 0.686. The molecule has 26 heavy (non-hydrogen) atoms. The van der Waals surface area contributed by atoms with Crippen LogP contribution in [0.15, 0.2) is 48.5 Å². The normalized spacial score (nSPS) is 10.6. The Kier molecular flexibility index (Phi) is 7.96. The number of nitrogens with zero attached hydrogens (tertiary/aromatic N) is 1. The van der Waals surface area contributed by atoms with E-state index >= 15 is 0 Å². The molecule has 2 N–H and O–H groups in total. The van der Waals surface area contributed by atoms with Crippen LogP contribution in [0.3, 0.4) is 0 Å². The minimum absolute atomic E-state index is 0.100. The minimum atomic E-state index is -0.100. The summed E-state index contributed by atoms with van der Waals surface area (Å²) in [6.45, 7) is 8.36. The highest BCUT2D eigenvalue weighted by Crippen LogP contribution is 2.21. The van der Waals surface area contributed by atoms with E-state index in [4.69, 9.17) is 4.74 Å². The Hall–Kier alpha value is -2.53. The summed E-state index contributed by atoms with van der Waals surface area (Å²) in [5.74, 6) is 0.495. The number of amides is 1. The summed E-state index contributed by atoms with van der Waals surface area (Å²) >= 11 is 0. The third-order valence-corrected chi connectivity index (χ3v) is 4.39. The van der Waals surface area contributed by atoms with Crippen LogP contribution in [-0.4, -0.2) is 44.1 Å². The third kappa shape index (κ3) is 5.77. The molecule has 0 saturated carbocycles. The maximum Gasteiger partial charge on any atom is 0.255 e. The fourth-order valence-electron chi connectivity index (χ4n) is 2.76. The summed E-state index contributed by atoms with van der Waals surface area (Å²) in [4.78, 5) is 14.7. The average Bonchev–Trinajstić information content (AvgIpc) is 2.70. The van der Waals surface area contributed by atoms with Gasteiger partial charge in [-0.1, -0.05) is 38.1 Å². The number of benzene rings is 2. The Bertz CT molecular complexity index is 685. The zero-order valence-electron chi connectivity index (χ0n) is 15.9. The molecule has 5 nitrogen and oxygen atoms in total. The van der Waals surface area contributed by atoms with E-state index in [0.29, 0.717) is 24.4 Å². The minimum Gasteiger partial charge on any atom is -0.496 e. The number of ether oxygens (including phenoxy) is 1. The van der Waals surface area contributed by atoms with Crippen molar-refractivity contribution in [3.8, 4) is 5.75 Å². The molecule has 0 saturated heterocycles. The number of methoxy groups -OCH3 is 1. The molecule has 0 unspecified atom stereocenters. The molecule has 0 aromatic heterocycles. The van der Waals surface area contributed by atoms with Crippen LogP contribution in [0.2, 0.25) is 0 Å². The molecule has 0 bridgehead atoms. The number of likely N-dealkylation sites (N-methyl/N-ethyl adjacent to an activating group) is 1. The Morgan fingerprint density at radius 1 is 1.08 bits per heavy atom. The summed E-state index contributed by atoms with van der Waals surface area (Å²) < 4.78 is 5.43. The molecule has 2 aromatic rings. The van der Waals surface area contributed by atoms with Crippen LogP contribution in [0.1, 0.15) is 29.8 Å². The topological polar surface area (TPSA) is 53.6 Å². The summed E-state index contributed by atoms with van der Waals surface area (Å²) in [5.41, 5.74) is 2.69. The van der Waals surface area contributed by atoms with Crippen molar-refractivity contribution < 1.29 is 9.53 Å². The fourth-order valence-corrected chi connectivity index (χ4v) is 2.76. The highest BCUT2D eigenvalue weighted by Gasteiger charge is 2.13. The van der Waals surface area contributed by atoms with E-state index < -0.39 is 0 Å². The van der Waals surface area contributed by atoms with Gasteiger partial charge in [0, 0.05) is 25.3 Å². The zero-order chi connectivity index (χ0) is 18.8. The molecule has 1 amide bonds. The molecule has 0 atom stereocenters. The smallest absolute Gasteiger partial charge is 0.255 e. The first kappa shape index (κ1) is 19.8. The monoisotopic (exact) mass is 355 g/mol. The molecule has 0 radical (unpaired) electrons. The van der Waals surface area contributed by atoms with Gasteiger partial charge < -0.3 is 20.3 Å². The van der Waals surface area contributed by atoms with Crippen molar-refractivity contribution in [2.75, 3.05) is 38.6 Å². The van der Waals surface area contributed by atoms with E-state index in [2.05, 4.69) is 29.4 Å². The van der Waals surface area contributed by atoms with Crippen LogP contribution in [-0.2, 0) is 6.54 Å². The van der Waals surface area contributed by atoms with E-state index in [9.17, 15) is 4.79 Å². The first-order chi connectivity index (χ1) is 12.7. The van der Waals surface area contributed by atoms with Gasteiger partial charge in [0.2, 0.25) is 0 Å². The van der Waals surface area contributed by atoms with Crippen LogP contribution in [0.25, 0.3) is 0 Å². The number of hydrogen-bond donors (Lipinski definition) is 2. The molecule has 0 aliphatic carbocycles. The second-order valence-corrected chi connectivity index (χ2v) is 6.04. The van der Waals surface area contributed by atoms with E-state index in [1.165, 1.54) is 0 Å². The molecule has 5 heteroatoms. The lowest BCUT2D eigenvalue weighted by Gasteiger charge is -2.18. The molecule has 0 heterocycles. The molecule has 140 valence electrons. The van der Waals surface area contributed by atoms with Crippen molar-refractivity contribution in [3.05, 3.63) is 59.7 Å². The Balaban J connectivity index is 1.95. The van der Waals surface area contributed by atoms with Gasteiger partial charge in [0.15, 0.2) is 0 Å². The van der Waals surface area contributed by atoms with E-state index in [1.807, 2.05) is 48.5 Å². The fraction of sp³-hybridized carbons (Fsp3) is 0.381. The second-order valence-electron chi connectivity index (χ2n) is 6.04. The van der Waals surface area contributed by atoms with Gasteiger partial charge >= 0.3 is 0 Å². The van der Waals surface area contributed by atoms with Crippen molar-refractivity contribution >= 4 is 11.6 Å². The summed E-state index contributed by atoms with van der Waals surface area (Å²) in [7, 11) is 1.59. The molecule has 2 aromatic carbocycles. The van der Waals surface area contributed by atoms with Crippen molar-refractivity contribution in [1.82, 2.24) is 10.2 Å². The first-order valence-corrected chi connectivity index (χ1v) is 9.14. The first-order valence-electron chi connectivity index (χ1n) is 9.14. The standard InChI is InChI=1S/C21H29N3O2/c1-4-24(5-2)14-13-22-21(25)19-12-11-17(15-20(19)26-3)16-23-18-9-7-6-8-10-18/h6-12,15,23H,4-5,13-14,16H2,1-3H3,(H,22,25). The van der Waals surface area contributed by atoms with Gasteiger partial charge in [-0.25, -0.2) is 0 Å². The number of rotatable bonds is 10. The van der Waals surface area contributed by atoms with Crippen LogP contribution in [0.4, 0.5) is 5.69 Å². The SMILES string of the molecule is CCN(CC)CCNC(=O)c1ccc(CNc2ccccc2)cc1OC. The second kappa shape index (κ2) is 10.5. The van der Waals surface area contributed by atoms with Crippen LogP contribution in [0.5, 0.6) is 5.75 Å². The molecule has 0 fully saturated rings. The van der Waals surface area contributed by atoms with Crippen molar-refractivity contribution in [2.45, 2.75) is 20.4 Å². The maximum atomic E-state index is 12.4. The summed E-state index contributed by atoms with van der Waals surface area (Å²) in [6.07, 6.45) is 0. The number of carbonyl (C=O) groups is 1. The van der Waals surface area contributed by atoms with Crippen molar-refractivity contribution in [1.29, 1.82) is 0 Å². The van der Waals surface area contributed by atoms with Crippen LogP contribution in [0, 0.1) is 0 Å². The Morgan fingerprint density at radius 3 is 2.46 bits per heavy atom. The number of para-hydroxylation sites is 1. The molecule has 0 aliphatic rings. The average molecular weight is 355 g/mol. The lowest BCUT2D eigenvalue weighted by molar-refractivity contribution is 0.0946. The lowest BCUT2D eigenvalue weighted by Crippen LogP contribution is -2.34. The number of anilines is 1. The van der Waals surface area contributed by atoms with E-state index in [0.717, 1.165) is 30.9 Å². The van der Waals surface area contributed by atoms with Gasteiger partial charge in [-0.05, 0) is 42.9 Å². The Morgan fingerprint density at radius 2 is 1.81 bits per heavy atom. The largest absolute Gasteiger partial charge is 0.496 e. The van der Waals surface area contributed by atoms with Gasteiger partial charge in [-0.3, -0.25) is 4.79 Å². The lowest BCUT2D eigenvalue weighted by atomic mass is 10.1. The highest BCUT2D eigenvalue weighted by molar-refractivity contribution is 5.97. The maximum absolute atomic E-state index is 12.4. The number of hydrogen-bond acceptors (Lipinski definition) is 4. The van der Waals surface area contributed by atoms with Gasteiger partial charge in [-0.15, -0.1) is 0 Å².